The van der Waals surface area contributed by atoms with Gasteiger partial charge in [0.2, 0.25) is 5.78 Å². The molecule has 4 rings (SSSR count). The third-order valence-electron chi connectivity index (χ3n) is 4.12. The first-order valence-electron chi connectivity index (χ1n) is 6.59. The normalized spacial score (nSPS) is 16.8. The van der Waals surface area contributed by atoms with Gasteiger partial charge in [-0.1, -0.05) is 6.07 Å². The lowest BCUT2D eigenvalue weighted by atomic mass is 9.79. The quantitative estimate of drug-likeness (QED) is 0.618. The Kier molecular flexibility index (Phi) is 2.07. The zero-order valence-electron chi connectivity index (χ0n) is 10.4. The second-order valence-electron chi connectivity index (χ2n) is 5.15. The fourth-order valence-electron chi connectivity index (χ4n) is 3.20. The Balaban J connectivity index is 2.03. The van der Waals surface area contributed by atoms with Gasteiger partial charge in [-0.25, -0.2) is 0 Å². The van der Waals surface area contributed by atoms with Gasteiger partial charge < -0.3 is 4.42 Å². The Labute approximate surface area is 110 Å². The van der Waals surface area contributed by atoms with E-state index < -0.39 is 0 Å². The van der Waals surface area contributed by atoms with Gasteiger partial charge in [0.15, 0.2) is 11.5 Å². The van der Waals surface area contributed by atoms with E-state index in [1.807, 2.05) is 6.07 Å². The van der Waals surface area contributed by atoms with Gasteiger partial charge >= 0.3 is 0 Å². The highest BCUT2D eigenvalue weighted by Crippen LogP contribution is 2.34. The molecule has 3 heteroatoms. The molecule has 0 aliphatic heterocycles. The van der Waals surface area contributed by atoms with Crippen molar-refractivity contribution in [3.63, 3.8) is 0 Å². The first-order valence-corrected chi connectivity index (χ1v) is 6.59. The molecule has 2 aliphatic rings. The van der Waals surface area contributed by atoms with Crippen LogP contribution in [0.5, 0.6) is 0 Å². The van der Waals surface area contributed by atoms with Crippen LogP contribution in [-0.2, 0) is 12.8 Å². The maximum atomic E-state index is 12.5. The van der Waals surface area contributed by atoms with Crippen LogP contribution in [-0.4, -0.2) is 11.6 Å². The minimum Gasteiger partial charge on any atom is -0.460 e. The van der Waals surface area contributed by atoms with Crippen molar-refractivity contribution < 1.29 is 14.0 Å². The highest BCUT2D eigenvalue weighted by Gasteiger charge is 2.35. The molecule has 0 unspecified atom stereocenters. The predicted molar refractivity (Wildman–Crippen MR) is 68.7 cm³/mol. The zero-order valence-corrected chi connectivity index (χ0v) is 10.4. The highest BCUT2D eigenvalue weighted by molar-refractivity contribution is 6.27. The second kappa shape index (κ2) is 3.67. The molecule has 0 amide bonds. The molecule has 1 aromatic carbocycles. The van der Waals surface area contributed by atoms with E-state index in [-0.39, 0.29) is 17.3 Å². The van der Waals surface area contributed by atoms with Crippen molar-refractivity contribution in [2.75, 3.05) is 0 Å². The molecule has 0 radical (unpaired) electrons. The lowest BCUT2D eigenvalue weighted by Crippen LogP contribution is -2.23. The standard InChI is InChI=1S/C16H12O3/c17-14-11-6-5-9-3-1-2-4-10(9)13(11)15(18)16-12(14)7-8-19-16/h5-8H,1-4H2. The number of carbonyl (C=O) groups is 2. The summed E-state index contributed by atoms with van der Waals surface area (Å²) in [5, 5.41) is 0. The summed E-state index contributed by atoms with van der Waals surface area (Å²) in [7, 11) is 0. The van der Waals surface area contributed by atoms with Crippen LogP contribution < -0.4 is 0 Å². The monoisotopic (exact) mass is 252 g/mol. The third kappa shape index (κ3) is 1.33. The summed E-state index contributed by atoms with van der Waals surface area (Å²) in [6.07, 6.45) is 5.53. The van der Waals surface area contributed by atoms with E-state index in [1.54, 1.807) is 12.1 Å². The summed E-state index contributed by atoms with van der Waals surface area (Å²) in [6, 6.07) is 5.39. The first-order chi connectivity index (χ1) is 9.27. The van der Waals surface area contributed by atoms with Crippen molar-refractivity contribution in [3.05, 3.63) is 58.0 Å². The fraction of sp³-hybridized carbons (Fsp3) is 0.250. The van der Waals surface area contributed by atoms with E-state index in [0.29, 0.717) is 16.7 Å². The van der Waals surface area contributed by atoms with E-state index in [4.69, 9.17) is 4.42 Å². The number of hydrogen-bond acceptors (Lipinski definition) is 3. The van der Waals surface area contributed by atoms with Crippen molar-refractivity contribution in [1.29, 1.82) is 0 Å². The van der Waals surface area contributed by atoms with Crippen molar-refractivity contribution in [2.24, 2.45) is 0 Å². The summed E-state index contributed by atoms with van der Waals surface area (Å²) in [5.41, 5.74) is 3.79. The number of fused-ring (bicyclic) bond motifs is 4. The maximum Gasteiger partial charge on any atom is 0.229 e. The molecule has 0 saturated heterocycles. The van der Waals surface area contributed by atoms with Crippen LogP contribution in [0.1, 0.15) is 56.0 Å². The summed E-state index contributed by atoms with van der Waals surface area (Å²) in [5.74, 6) is -0.0171. The molecule has 2 aromatic rings. The molecule has 3 nitrogen and oxygen atoms in total. The van der Waals surface area contributed by atoms with Crippen LogP contribution in [0.3, 0.4) is 0 Å². The average molecular weight is 252 g/mol. The Morgan fingerprint density at radius 2 is 1.74 bits per heavy atom. The van der Waals surface area contributed by atoms with Crippen molar-refractivity contribution >= 4 is 11.6 Å². The topological polar surface area (TPSA) is 47.3 Å². The second-order valence-corrected chi connectivity index (χ2v) is 5.15. The van der Waals surface area contributed by atoms with Crippen molar-refractivity contribution in [2.45, 2.75) is 25.7 Å². The van der Waals surface area contributed by atoms with Crippen LogP contribution in [0.15, 0.2) is 28.9 Å². The Morgan fingerprint density at radius 3 is 2.63 bits per heavy atom. The van der Waals surface area contributed by atoms with Crippen LogP contribution >= 0.6 is 0 Å². The fourth-order valence-corrected chi connectivity index (χ4v) is 3.20. The number of benzene rings is 1. The first kappa shape index (κ1) is 10.7. The van der Waals surface area contributed by atoms with Crippen LogP contribution in [0.4, 0.5) is 0 Å². The molecule has 0 spiro atoms. The number of furan rings is 1. The lowest BCUT2D eigenvalue weighted by Gasteiger charge is -2.23. The number of carbonyl (C=O) groups excluding carboxylic acids is 2. The molecule has 2 aliphatic carbocycles. The van der Waals surface area contributed by atoms with Gasteiger partial charge in [0.05, 0.1) is 11.8 Å². The van der Waals surface area contributed by atoms with Gasteiger partial charge in [-0.2, -0.15) is 0 Å². The van der Waals surface area contributed by atoms with Crippen LogP contribution in [0.25, 0.3) is 0 Å². The van der Waals surface area contributed by atoms with Gasteiger partial charge in [-0.3, -0.25) is 9.59 Å². The number of ketones is 2. The summed E-state index contributed by atoms with van der Waals surface area (Å²) in [4.78, 5) is 24.9. The van der Waals surface area contributed by atoms with E-state index in [9.17, 15) is 9.59 Å². The molecule has 94 valence electrons. The molecule has 1 aromatic heterocycles. The van der Waals surface area contributed by atoms with Gasteiger partial charge in [0.25, 0.3) is 0 Å². The van der Waals surface area contributed by atoms with Crippen LogP contribution in [0.2, 0.25) is 0 Å². The molecule has 1 heterocycles. The van der Waals surface area contributed by atoms with Gasteiger partial charge in [-0.15, -0.1) is 0 Å². The van der Waals surface area contributed by atoms with E-state index in [1.165, 1.54) is 11.8 Å². The zero-order chi connectivity index (χ0) is 13.0. The minimum atomic E-state index is -0.131. The molecular formula is C16H12O3. The molecule has 19 heavy (non-hydrogen) atoms. The Hall–Kier alpha value is -2.16. The van der Waals surface area contributed by atoms with Crippen molar-refractivity contribution in [1.82, 2.24) is 0 Å². The number of hydrogen-bond donors (Lipinski definition) is 0. The molecule has 0 bridgehead atoms. The predicted octanol–water partition coefficient (Wildman–Crippen LogP) is 2.93. The SMILES string of the molecule is O=C1c2ccoc2C(=O)c2c1ccc1c2CCCC1. The molecule has 0 N–H and O–H groups in total. The molecular weight excluding hydrogens is 240 g/mol. The van der Waals surface area contributed by atoms with E-state index >= 15 is 0 Å². The highest BCUT2D eigenvalue weighted by atomic mass is 16.3. The number of aryl methyl sites for hydroxylation is 1. The Bertz CT molecular complexity index is 722. The number of rotatable bonds is 0. The molecule has 0 fully saturated rings. The maximum absolute atomic E-state index is 12.5. The summed E-state index contributed by atoms with van der Waals surface area (Å²) in [6.45, 7) is 0. The van der Waals surface area contributed by atoms with Gasteiger partial charge in [-0.05, 0) is 48.9 Å². The molecule has 0 atom stereocenters. The van der Waals surface area contributed by atoms with E-state index in [0.717, 1.165) is 31.2 Å². The van der Waals surface area contributed by atoms with Crippen molar-refractivity contribution in [3.8, 4) is 0 Å². The van der Waals surface area contributed by atoms with Gasteiger partial charge in [0.1, 0.15) is 0 Å². The molecule has 0 saturated carbocycles. The third-order valence-corrected chi connectivity index (χ3v) is 4.12. The van der Waals surface area contributed by atoms with Crippen LogP contribution in [0, 0.1) is 0 Å². The minimum absolute atomic E-state index is 0.0910. The lowest BCUT2D eigenvalue weighted by molar-refractivity contribution is 0.0959. The summed E-state index contributed by atoms with van der Waals surface area (Å²) >= 11 is 0. The Morgan fingerprint density at radius 1 is 0.895 bits per heavy atom. The van der Waals surface area contributed by atoms with Gasteiger partial charge in [0, 0.05) is 11.1 Å². The average Bonchev–Trinajstić information content (AvgIpc) is 2.93. The summed E-state index contributed by atoms with van der Waals surface area (Å²) < 4.78 is 5.22. The smallest absolute Gasteiger partial charge is 0.229 e. The van der Waals surface area contributed by atoms with E-state index in [2.05, 4.69) is 0 Å². The largest absolute Gasteiger partial charge is 0.460 e.